The van der Waals surface area contributed by atoms with Gasteiger partial charge < -0.3 is 15.1 Å². The molecular weight excluding hydrogens is 250 g/mol. The minimum atomic E-state index is 0.687. The van der Waals surface area contributed by atoms with E-state index < -0.39 is 0 Å². The number of para-hydroxylation sites is 1. The Bertz CT molecular complexity index is 553. The van der Waals surface area contributed by atoms with Crippen LogP contribution < -0.4 is 10.6 Å². The molecule has 0 fully saturated rings. The van der Waals surface area contributed by atoms with Gasteiger partial charge in [0.15, 0.2) is 5.96 Å². The lowest BCUT2D eigenvalue weighted by Crippen LogP contribution is -2.37. The molecule has 2 rings (SSSR count). The van der Waals surface area contributed by atoms with E-state index >= 15 is 0 Å². The molecule has 2 aromatic rings. The Morgan fingerprint density at radius 2 is 2.20 bits per heavy atom. The first-order chi connectivity index (χ1) is 9.83. The van der Waals surface area contributed by atoms with Crippen LogP contribution in [0.4, 0.5) is 0 Å². The van der Waals surface area contributed by atoms with E-state index in [4.69, 9.17) is 4.42 Å². The van der Waals surface area contributed by atoms with Gasteiger partial charge in [-0.05, 0) is 19.1 Å². The highest BCUT2D eigenvalue weighted by Gasteiger charge is 2.02. The van der Waals surface area contributed by atoms with Crippen molar-refractivity contribution in [1.82, 2.24) is 10.6 Å². The molecule has 106 valence electrons. The summed E-state index contributed by atoms with van der Waals surface area (Å²) in [5.74, 6) is 1.78. The largest absolute Gasteiger partial charge is 0.461 e. The first kappa shape index (κ1) is 14.2. The van der Waals surface area contributed by atoms with Crippen LogP contribution in [0.25, 0.3) is 11.0 Å². The maximum absolute atomic E-state index is 5.76. The molecule has 0 aliphatic rings. The molecule has 4 nitrogen and oxygen atoms in total. The van der Waals surface area contributed by atoms with E-state index in [9.17, 15) is 0 Å². The summed E-state index contributed by atoms with van der Waals surface area (Å²) in [4.78, 5) is 4.50. The summed E-state index contributed by atoms with van der Waals surface area (Å²) in [6.07, 6.45) is 2.60. The fourth-order valence-electron chi connectivity index (χ4n) is 1.95. The SMILES string of the molecule is C=CCNC(=NCCc1cc2ccccc2o1)NCC. The molecule has 0 atom stereocenters. The molecule has 0 radical (unpaired) electrons. The maximum atomic E-state index is 5.76. The topological polar surface area (TPSA) is 49.6 Å². The van der Waals surface area contributed by atoms with Gasteiger partial charge >= 0.3 is 0 Å². The molecule has 0 spiro atoms. The molecule has 2 N–H and O–H groups in total. The van der Waals surface area contributed by atoms with Crippen LogP contribution in [0.5, 0.6) is 0 Å². The van der Waals surface area contributed by atoms with Crippen LogP contribution in [0.15, 0.2) is 52.4 Å². The van der Waals surface area contributed by atoms with Gasteiger partial charge in [0.05, 0.1) is 0 Å². The second-order valence-corrected chi connectivity index (χ2v) is 4.43. The van der Waals surface area contributed by atoms with Crippen LogP contribution >= 0.6 is 0 Å². The van der Waals surface area contributed by atoms with Gasteiger partial charge in [0, 0.05) is 31.4 Å². The average Bonchev–Trinajstić information content (AvgIpc) is 2.87. The third-order valence-electron chi connectivity index (χ3n) is 2.86. The maximum Gasteiger partial charge on any atom is 0.191 e. The molecule has 0 saturated carbocycles. The molecule has 20 heavy (non-hydrogen) atoms. The van der Waals surface area contributed by atoms with Crippen molar-refractivity contribution in [3.63, 3.8) is 0 Å². The van der Waals surface area contributed by atoms with Gasteiger partial charge in [-0.25, -0.2) is 0 Å². The average molecular weight is 271 g/mol. The quantitative estimate of drug-likeness (QED) is 0.482. The molecule has 0 saturated heterocycles. The first-order valence-electron chi connectivity index (χ1n) is 6.94. The second kappa shape index (κ2) is 7.38. The zero-order valence-electron chi connectivity index (χ0n) is 11.9. The van der Waals surface area contributed by atoms with E-state index in [0.29, 0.717) is 13.1 Å². The molecule has 4 heteroatoms. The predicted molar refractivity (Wildman–Crippen MR) is 84.1 cm³/mol. The molecule has 1 aromatic carbocycles. The van der Waals surface area contributed by atoms with E-state index in [0.717, 1.165) is 35.7 Å². The van der Waals surface area contributed by atoms with E-state index in [1.807, 2.05) is 31.2 Å². The summed E-state index contributed by atoms with van der Waals surface area (Å²) in [5.41, 5.74) is 0.933. The van der Waals surface area contributed by atoms with Crippen molar-refractivity contribution in [2.24, 2.45) is 4.99 Å². The number of rotatable bonds is 6. The van der Waals surface area contributed by atoms with E-state index in [1.165, 1.54) is 0 Å². The minimum Gasteiger partial charge on any atom is -0.461 e. The van der Waals surface area contributed by atoms with Gasteiger partial charge in [-0.2, -0.15) is 0 Å². The van der Waals surface area contributed by atoms with E-state index in [-0.39, 0.29) is 0 Å². The lowest BCUT2D eigenvalue weighted by molar-refractivity contribution is 0.550. The number of guanidine groups is 1. The van der Waals surface area contributed by atoms with Crippen molar-refractivity contribution in [3.8, 4) is 0 Å². The number of hydrogen-bond donors (Lipinski definition) is 2. The van der Waals surface area contributed by atoms with Crippen molar-refractivity contribution >= 4 is 16.9 Å². The Morgan fingerprint density at radius 1 is 1.35 bits per heavy atom. The van der Waals surface area contributed by atoms with Crippen molar-refractivity contribution in [3.05, 3.63) is 48.7 Å². The van der Waals surface area contributed by atoms with Gasteiger partial charge in [0.25, 0.3) is 0 Å². The Kier molecular flexibility index (Phi) is 5.24. The molecule has 1 aromatic heterocycles. The van der Waals surface area contributed by atoms with Crippen LogP contribution in [0.1, 0.15) is 12.7 Å². The number of benzene rings is 1. The first-order valence-corrected chi connectivity index (χ1v) is 6.94. The minimum absolute atomic E-state index is 0.687. The number of nitrogens with zero attached hydrogens (tertiary/aromatic N) is 1. The number of nitrogens with one attached hydrogen (secondary N) is 2. The zero-order chi connectivity index (χ0) is 14.2. The van der Waals surface area contributed by atoms with Gasteiger partial charge in [-0.3, -0.25) is 4.99 Å². The normalized spacial score (nSPS) is 11.6. The predicted octanol–water partition coefficient (Wildman–Crippen LogP) is 2.72. The molecule has 1 heterocycles. The fraction of sp³-hybridized carbons (Fsp3) is 0.312. The number of furan rings is 1. The standard InChI is InChI=1S/C16H21N3O/c1-3-10-18-16(17-4-2)19-11-9-14-12-13-7-5-6-8-15(13)20-14/h3,5-8,12H,1,4,9-11H2,2H3,(H2,17,18,19). The molecule has 0 aliphatic heterocycles. The molecule has 0 amide bonds. The monoisotopic (exact) mass is 271 g/mol. The van der Waals surface area contributed by atoms with Crippen LogP contribution in [-0.4, -0.2) is 25.6 Å². The van der Waals surface area contributed by atoms with Gasteiger partial charge in [-0.1, -0.05) is 24.3 Å². The van der Waals surface area contributed by atoms with Crippen molar-refractivity contribution in [2.45, 2.75) is 13.3 Å². The lowest BCUT2D eigenvalue weighted by Gasteiger charge is -2.08. The summed E-state index contributed by atoms with van der Waals surface area (Å²) >= 11 is 0. The summed E-state index contributed by atoms with van der Waals surface area (Å²) in [7, 11) is 0. The van der Waals surface area contributed by atoms with Gasteiger partial charge in [0.2, 0.25) is 0 Å². The molecule has 0 unspecified atom stereocenters. The van der Waals surface area contributed by atoms with Crippen molar-refractivity contribution in [2.75, 3.05) is 19.6 Å². The number of fused-ring (bicyclic) bond motifs is 1. The Morgan fingerprint density at radius 3 is 2.95 bits per heavy atom. The van der Waals surface area contributed by atoms with Crippen LogP contribution in [0.2, 0.25) is 0 Å². The zero-order valence-corrected chi connectivity index (χ0v) is 11.9. The molecule has 0 aliphatic carbocycles. The fourth-order valence-corrected chi connectivity index (χ4v) is 1.95. The van der Waals surface area contributed by atoms with Crippen molar-refractivity contribution in [1.29, 1.82) is 0 Å². The number of aliphatic imine (C=N–C) groups is 1. The molecular formula is C16H21N3O. The summed E-state index contributed by atoms with van der Waals surface area (Å²) in [5, 5.41) is 7.51. The van der Waals surface area contributed by atoms with Crippen LogP contribution in [0.3, 0.4) is 0 Å². The third kappa shape index (κ3) is 3.88. The summed E-state index contributed by atoms with van der Waals surface area (Å²) < 4.78 is 5.76. The highest BCUT2D eigenvalue weighted by molar-refractivity contribution is 5.80. The van der Waals surface area contributed by atoms with Crippen LogP contribution in [-0.2, 0) is 6.42 Å². The Balaban J connectivity index is 1.94. The summed E-state index contributed by atoms with van der Waals surface area (Å²) in [6.45, 7) is 7.96. The van der Waals surface area contributed by atoms with Crippen molar-refractivity contribution < 1.29 is 4.42 Å². The van der Waals surface area contributed by atoms with Gasteiger partial charge in [-0.15, -0.1) is 6.58 Å². The van der Waals surface area contributed by atoms with Crippen LogP contribution in [0, 0.1) is 0 Å². The summed E-state index contributed by atoms with van der Waals surface area (Å²) in [6, 6.07) is 10.1. The number of hydrogen-bond acceptors (Lipinski definition) is 2. The van der Waals surface area contributed by atoms with E-state index in [1.54, 1.807) is 0 Å². The third-order valence-corrected chi connectivity index (χ3v) is 2.86. The Hall–Kier alpha value is -2.23. The van der Waals surface area contributed by atoms with Gasteiger partial charge in [0.1, 0.15) is 11.3 Å². The van der Waals surface area contributed by atoms with E-state index in [2.05, 4.69) is 34.3 Å². The molecule has 0 bridgehead atoms. The lowest BCUT2D eigenvalue weighted by atomic mass is 10.2. The highest BCUT2D eigenvalue weighted by Crippen LogP contribution is 2.18. The Labute approximate surface area is 119 Å². The smallest absolute Gasteiger partial charge is 0.191 e. The highest BCUT2D eigenvalue weighted by atomic mass is 16.3. The second-order valence-electron chi connectivity index (χ2n) is 4.43.